The normalized spacial score (nSPS) is 14.4. The molecule has 2 aromatic rings. The van der Waals surface area contributed by atoms with Crippen LogP contribution in [0.5, 0.6) is 0 Å². The van der Waals surface area contributed by atoms with Gasteiger partial charge in [-0.25, -0.2) is 0 Å². The summed E-state index contributed by atoms with van der Waals surface area (Å²) in [5.41, 5.74) is 2.96. The van der Waals surface area contributed by atoms with Crippen LogP contribution < -0.4 is 10.2 Å². The van der Waals surface area contributed by atoms with Gasteiger partial charge in [0, 0.05) is 35.6 Å². The van der Waals surface area contributed by atoms with E-state index in [9.17, 15) is 4.79 Å². The quantitative estimate of drug-likeness (QED) is 0.833. The van der Waals surface area contributed by atoms with Crippen LogP contribution in [0.2, 0.25) is 5.02 Å². The first-order chi connectivity index (χ1) is 11.2. The van der Waals surface area contributed by atoms with Crippen molar-refractivity contribution in [2.75, 3.05) is 23.3 Å². The number of rotatable bonds is 4. The summed E-state index contributed by atoms with van der Waals surface area (Å²) in [6.45, 7) is 2.24. The molecule has 118 valence electrons. The van der Waals surface area contributed by atoms with Gasteiger partial charge in [0.2, 0.25) is 5.91 Å². The Hall–Kier alpha value is -2.26. The summed E-state index contributed by atoms with van der Waals surface area (Å²) in [4.78, 5) is 14.3. The highest BCUT2D eigenvalue weighted by Crippen LogP contribution is 2.22. The van der Waals surface area contributed by atoms with Crippen LogP contribution in [0.3, 0.4) is 0 Å². The van der Waals surface area contributed by atoms with E-state index < -0.39 is 0 Å². The van der Waals surface area contributed by atoms with Gasteiger partial charge in [-0.1, -0.05) is 23.7 Å². The van der Waals surface area contributed by atoms with Crippen LogP contribution in [0.1, 0.15) is 18.4 Å². The minimum Gasteiger partial charge on any atom is -0.372 e. The Morgan fingerprint density at radius 3 is 2.30 bits per heavy atom. The standard InChI is InChI=1S/C19H19ClN2O/c20-16-6-3-15(4-7-16)5-12-19(23)21-17-8-10-18(11-9-17)22-13-1-2-14-22/h3-12H,1-2,13-14H2,(H,21,23)/b12-5+. The molecule has 0 aliphatic carbocycles. The monoisotopic (exact) mass is 326 g/mol. The minimum atomic E-state index is -0.145. The Kier molecular flexibility index (Phi) is 4.99. The summed E-state index contributed by atoms with van der Waals surface area (Å²) < 4.78 is 0. The third kappa shape index (κ3) is 4.36. The number of hydrogen-bond acceptors (Lipinski definition) is 2. The Morgan fingerprint density at radius 2 is 1.65 bits per heavy atom. The van der Waals surface area contributed by atoms with E-state index in [2.05, 4.69) is 22.3 Å². The highest BCUT2D eigenvalue weighted by molar-refractivity contribution is 6.30. The van der Waals surface area contributed by atoms with Gasteiger partial charge in [-0.05, 0) is 60.9 Å². The lowest BCUT2D eigenvalue weighted by Gasteiger charge is -2.17. The van der Waals surface area contributed by atoms with E-state index in [0.29, 0.717) is 5.02 Å². The predicted octanol–water partition coefficient (Wildman–Crippen LogP) is 4.59. The number of carbonyl (C=O) groups excluding carboxylic acids is 1. The third-order valence-corrected chi connectivity index (χ3v) is 4.16. The lowest BCUT2D eigenvalue weighted by molar-refractivity contribution is -0.111. The van der Waals surface area contributed by atoms with E-state index in [1.165, 1.54) is 24.6 Å². The summed E-state index contributed by atoms with van der Waals surface area (Å²) in [6, 6.07) is 15.4. The van der Waals surface area contributed by atoms with E-state index >= 15 is 0 Å². The van der Waals surface area contributed by atoms with E-state index in [0.717, 1.165) is 24.3 Å². The van der Waals surface area contributed by atoms with Crippen molar-refractivity contribution in [3.8, 4) is 0 Å². The molecule has 0 aromatic heterocycles. The van der Waals surface area contributed by atoms with Gasteiger partial charge in [-0.3, -0.25) is 4.79 Å². The molecule has 0 spiro atoms. The summed E-state index contributed by atoms with van der Waals surface area (Å²) in [7, 11) is 0. The van der Waals surface area contributed by atoms with Crippen LogP contribution in [0, 0.1) is 0 Å². The van der Waals surface area contributed by atoms with Crippen molar-refractivity contribution in [1.29, 1.82) is 0 Å². The highest BCUT2D eigenvalue weighted by Gasteiger charge is 2.11. The van der Waals surface area contributed by atoms with E-state index in [-0.39, 0.29) is 5.91 Å². The first-order valence-electron chi connectivity index (χ1n) is 7.80. The van der Waals surface area contributed by atoms with Crippen molar-refractivity contribution in [2.45, 2.75) is 12.8 Å². The van der Waals surface area contributed by atoms with Crippen molar-refractivity contribution in [1.82, 2.24) is 0 Å². The summed E-state index contributed by atoms with van der Waals surface area (Å²) in [5.74, 6) is -0.145. The minimum absolute atomic E-state index is 0.145. The van der Waals surface area contributed by atoms with Gasteiger partial charge >= 0.3 is 0 Å². The first kappa shape index (κ1) is 15.6. The smallest absolute Gasteiger partial charge is 0.248 e. The van der Waals surface area contributed by atoms with Gasteiger partial charge in [0.15, 0.2) is 0 Å². The van der Waals surface area contributed by atoms with Gasteiger partial charge in [0.1, 0.15) is 0 Å². The van der Waals surface area contributed by atoms with Crippen LogP contribution in [0.4, 0.5) is 11.4 Å². The summed E-state index contributed by atoms with van der Waals surface area (Å²) in [6.07, 6.45) is 5.81. The van der Waals surface area contributed by atoms with Crippen molar-refractivity contribution in [3.63, 3.8) is 0 Å². The number of anilines is 2. The predicted molar refractivity (Wildman–Crippen MR) is 97.0 cm³/mol. The van der Waals surface area contributed by atoms with Crippen molar-refractivity contribution in [3.05, 3.63) is 65.2 Å². The van der Waals surface area contributed by atoms with Gasteiger partial charge in [-0.15, -0.1) is 0 Å². The molecule has 1 aliphatic heterocycles. The molecule has 23 heavy (non-hydrogen) atoms. The molecule has 1 N–H and O–H groups in total. The molecule has 0 saturated carbocycles. The molecule has 1 saturated heterocycles. The lowest BCUT2D eigenvalue weighted by atomic mass is 10.2. The fourth-order valence-electron chi connectivity index (χ4n) is 2.66. The molecule has 3 rings (SSSR count). The van der Waals surface area contributed by atoms with Gasteiger partial charge < -0.3 is 10.2 Å². The number of nitrogens with zero attached hydrogens (tertiary/aromatic N) is 1. The number of halogens is 1. The number of hydrogen-bond donors (Lipinski definition) is 1. The molecule has 0 radical (unpaired) electrons. The fraction of sp³-hybridized carbons (Fsp3) is 0.211. The van der Waals surface area contributed by atoms with Crippen molar-refractivity contribution < 1.29 is 4.79 Å². The van der Waals surface area contributed by atoms with E-state index in [4.69, 9.17) is 11.6 Å². The second kappa shape index (κ2) is 7.34. The molecular formula is C19H19ClN2O. The van der Waals surface area contributed by atoms with Gasteiger partial charge in [0.05, 0.1) is 0 Å². The summed E-state index contributed by atoms with van der Waals surface area (Å²) >= 11 is 5.83. The van der Waals surface area contributed by atoms with E-state index in [1.54, 1.807) is 18.2 Å². The number of amides is 1. The maximum Gasteiger partial charge on any atom is 0.248 e. The molecule has 4 heteroatoms. The fourth-order valence-corrected chi connectivity index (χ4v) is 2.79. The number of benzene rings is 2. The highest BCUT2D eigenvalue weighted by atomic mass is 35.5. The Morgan fingerprint density at radius 1 is 1.00 bits per heavy atom. The van der Waals surface area contributed by atoms with Crippen LogP contribution in [0.15, 0.2) is 54.6 Å². The third-order valence-electron chi connectivity index (χ3n) is 3.90. The van der Waals surface area contributed by atoms with Crippen molar-refractivity contribution >= 4 is 35.0 Å². The van der Waals surface area contributed by atoms with Crippen LogP contribution in [0.25, 0.3) is 6.08 Å². The maximum absolute atomic E-state index is 12.0. The maximum atomic E-state index is 12.0. The average Bonchev–Trinajstić information content (AvgIpc) is 3.09. The number of nitrogens with one attached hydrogen (secondary N) is 1. The second-order valence-corrected chi connectivity index (χ2v) is 6.05. The molecule has 0 atom stereocenters. The Balaban J connectivity index is 1.57. The SMILES string of the molecule is O=C(/C=C/c1ccc(Cl)cc1)Nc1ccc(N2CCCC2)cc1. The van der Waals surface area contributed by atoms with Crippen molar-refractivity contribution in [2.24, 2.45) is 0 Å². The molecule has 1 amide bonds. The molecule has 1 aliphatic rings. The largest absolute Gasteiger partial charge is 0.372 e. The molecule has 0 bridgehead atoms. The van der Waals surface area contributed by atoms with Crippen LogP contribution in [-0.4, -0.2) is 19.0 Å². The zero-order chi connectivity index (χ0) is 16.1. The number of carbonyl (C=O) groups is 1. The topological polar surface area (TPSA) is 32.3 Å². The summed E-state index contributed by atoms with van der Waals surface area (Å²) in [5, 5.41) is 3.56. The lowest BCUT2D eigenvalue weighted by Crippen LogP contribution is -2.17. The molecule has 1 fully saturated rings. The molecule has 1 heterocycles. The van der Waals surface area contributed by atoms with Crippen LogP contribution >= 0.6 is 11.6 Å². The zero-order valence-corrected chi connectivity index (χ0v) is 13.6. The average molecular weight is 327 g/mol. The molecule has 3 nitrogen and oxygen atoms in total. The van der Waals surface area contributed by atoms with Gasteiger partial charge in [-0.2, -0.15) is 0 Å². The van der Waals surface area contributed by atoms with Gasteiger partial charge in [0.25, 0.3) is 0 Å². The zero-order valence-electron chi connectivity index (χ0n) is 12.8. The Labute approximate surface area is 141 Å². The molecular weight excluding hydrogens is 308 g/mol. The molecule has 0 unspecified atom stereocenters. The second-order valence-electron chi connectivity index (χ2n) is 5.62. The molecule has 2 aromatic carbocycles. The van der Waals surface area contributed by atoms with Crippen LogP contribution in [-0.2, 0) is 4.79 Å². The first-order valence-corrected chi connectivity index (χ1v) is 8.18. The Bertz CT molecular complexity index is 686. The van der Waals surface area contributed by atoms with E-state index in [1.807, 2.05) is 24.3 Å².